The molecule has 0 amide bonds. The third-order valence-electron chi connectivity index (χ3n) is 4.52. The smallest absolute Gasteiger partial charge is 0.410 e. The van der Waals surface area contributed by atoms with Crippen LogP contribution in [0, 0.1) is 0 Å². The molecule has 2 aliphatic heterocycles. The van der Waals surface area contributed by atoms with Crippen LogP contribution in [0.25, 0.3) is 0 Å². The molecule has 0 saturated carbocycles. The van der Waals surface area contributed by atoms with Gasteiger partial charge in [0, 0.05) is 6.61 Å². The molecule has 11 heteroatoms. The fourth-order valence-electron chi connectivity index (χ4n) is 3.43. The van der Waals surface area contributed by atoms with E-state index in [2.05, 4.69) is 4.18 Å². The molecule has 0 spiro atoms. The largest absolute Gasteiger partial charge is 0.523 e. The van der Waals surface area contributed by atoms with Crippen molar-refractivity contribution in [1.29, 1.82) is 0 Å². The van der Waals surface area contributed by atoms with Crippen molar-refractivity contribution in [3.8, 4) is 0 Å². The number of alkyl halides is 3. The molecule has 0 radical (unpaired) electrons. The molecule has 6 nitrogen and oxygen atoms in total. The molecule has 0 N–H and O–H groups in total. The van der Waals surface area contributed by atoms with E-state index in [1.54, 1.807) is 6.92 Å². The molecule has 0 bridgehead atoms. The number of rotatable bonds is 5. The molecule has 0 aromatic rings. The van der Waals surface area contributed by atoms with Crippen LogP contribution in [0.3, 0.4) is 0 Å². The molecule has 2 rings (SSSR count). The number of fused-ring (bicyclic) bond motifs is 1. The number of hydrogen-bond acceptors (Lipinski definition) is 6. The Bertz CT molecular complexity index is 591. The maximum Gasteiger partial charge on any atom is 0.523 e. The van der Waals surface area contributed by atoms with Gasteiger partial charge in [-0.25, -0.2) is 0 Å². The second-order valence-electron chi connectivity index (χ2n) is 7.96. The molecule has 0 aromatic carbocycles. The first-order valence-corrected chi connectivity index (χ1v) is 13.5. The van der Waals surface area contributed by atoms with Gasteiger partial charge in [0.2, 0.25) is 0 Å². The van der Waals surface area contributed by atoms with Crippen LogP contribution in [0.5, 0.6) is 0 Å². The molecule has 2 fully saturated rings. The molecule has 154 valence electrons. The van der Waals surface area contributed by atoms with Gasteiger partial charge in [0.1, 0.15) is 6.10 Å². The maximum absolute atomic E-state index is 12.6. The van der Waals surface area contributed by atoms with Crippen LogP contribution in [0.4, 0.5) is 13.2 Å². The summed E-state index contributed by atoms with van der Waals surface area (Å²) in [6.45, 7) is 7.48. The van der Waals surface area contributed by atoms with E-state index in [-0.39, 0.29) is 12.2 Å². The Hall–Kier alpha value is -0.203. The molecule has 4 atom stereocenters. The minimum absolute atomic E-state index is 0.169. The van der Waals surface area contributed by atoms with E-state index in [9.17, 15) is 21.6 Å². The lowest BCUT2D eigenvalue weighted by molar-refractivity contribution is -0.159. The lowest BCUT2D eigenvalue weighted by Gasteiger charge is -2.41. The summed E-state index contributed by atoms with van der Waals surface area (Å²) in [5.74, 6) is 0. The summed E-state index contributed by atoms with van der Waals surface area (Å²) in [5.41, 5.74) is -6.42. The Kier molecular flexibility index (Phi) is 6.51. The van der Waals surface area contributed by atoms with Crippen molar-refractivity contribution in [2.24, 2.45) is 0 Å². The highest BCUT2D eigenvalue weighted by Crippen LogP contribution is 2.38. The van der Waals surface area contributed by atoms with Crippen LogP contribution in [0.15, 0.2) is 0 Å². The maximum atomic E-state index is 12.6. The Morgan fingerprint density at radius 2 is 1.85 bits per heavy atom. The van der Waals surface area contributed by atoms with E-state index in [0.717, 1.165) is 6.42 Å². The van der Waals surface area contributed by atoms with Gasteiger partial charge in [-0.1, -0.05) is 0 Å². The molecular formula is C15H27F3O6SSi. The third-order valence-corrected chi connectivity index (χ3v) is 6.61. The van der Waals surface area contributed by atoms with Crippen LogP contribution in [0.2, 0.25) is 19.6 Å². The van der Waals surface area contributed by atoms with Crippen molar-refractivity contribution in [3.05, 3.63) is 0 Å². The van der Waals surface area contributed by atoms with E-state index in [1.165, 1.54) is 0 Å². The molecule has 26 heavy (non-hydrogen) atoms. The first kappa shape index (κ1) is 22.1. The summed E-state index contributed by atoms with van der Waals surface area (Å²) in [6, 6.07) is 0. The fourth-order valence-corrected chi connectivity index (χ4v) is 5.50. The number of hydrogen-bond donors (Lipinski definition) is 0. The second kappa shape index (κ2) is 7.67. The SMILES string of the molecule is C[C@]1(O[Si](C)(C)C)CC[C@H]2OCCC[C@@H]2O[C@@H]1COS(=O)(=O)C(F)(F)F. The zero-order valence-electron chi connectivity index (χ0n) is 15.5. The van der Waals surface area contributed by atoms with Gasteiger partial charge in [-0.3, -0.25) is 4.18 Å². The van der Waals surface area contributed by atoms with Gasteiger partial charge in [0.25, 0.3) is 0 Å². The monoisotopic (exact) mass is 420 g/mol. The van der Waals surface area contributed by atoms with Crippen LogP contribution >= 0.6 is 0 Å². The molecule has 0 aromatic heterocycles. The first-order chi connectivity index (χ1) is 11.7. The van der Waals surface area contributed by atoms with Crippen LogP contribution < -0.4 is 0 Å². The van der Waals surface area contributed by atoms with Gasteiger partial charge in [0.15, 0.2) is 8.32 Å². The highest BCUT2D eigenvalue weighted by atomic mass is 32.2. The van der Waals surface area contributed by atoms with Crippen molar-refractivity contribution < 1.29 is 39.7 Å². The van der Waals surface area contributed by atoms with E-state index >= 15 is 0 Å². The van der Waals surface area contributed by atoms with Crippen molar-refractivity contribution >= 4 is 18.4 Å². The summed E-state index contributed by atoms with van der Waals surface area (Å²) < 4.78 is 82.6. The average Bonchev–Trinajstić information content (AvgIpc) is 2.60. The Labute approximate surface area is 153 Å². The lowest BCUT2D eigenvalue weighted by Crippen LogP contribution is -2.52. The van der Waals surface area contributed by atoms with Crippen molar-refractivity contribution in [1.82, 2.24) is 0 Å². The zero-order chi connectivity index (χ0) is 19.8. The summed E-state index contributed by atoms with van der Waals surface area (Å²) in [4.78, 5) is 0. The topological polar surface area (TPSA) is 71.1 Å². The van der Waals surface area contributed by atoms with Gasteiger partial charge < -0.3 is 13.9 Å². The van der Waals surface area contributed by atoms with Crippen LogP contribution in [0.1, 0.15) is 32.6 Å². The Balaban J connectivity index is 2.23. The van der Waals surface area contributed by atoms with Crippen molar-refractivity contribution in [2.75, 3.05) is 13.2 Å². The van der Waals surface area contributed by atoms with E-state index < -0.39 is 42.3 Å². The zero-order valence-corrected chi connectivity index (χ0v) is 17.3. The molecular weight excluding hydrogens is 393 g/mol. The summed E-state index contributed by atoms with van der Waals surface area (Å²) >= 11 is 0. The molecule has 2 aliphatic rings. The summed E-state index contributed by atoms with van der Waals surface area (Å²) in [7, 11) is -7.78. The average molecular weight is 421 g/mol. The molecule has 0 aliphatic carbocycles. The molecule has 2 saturated heterocycles. The quantitative estimate of drug-likeness (QED) is 0.386. The van der Waals surface area contributed by atoms with E-state index in [4.69, 9.17) is 13.9 Å². The highest BCUT2D eigenvalue weighted by Gasteiger charge is 2.50. The lowest BCUT2D eigenvalue weighted by atomic mass is 9.92. The summed E-state index contributed by atoms with van der Waals surface area (Å²) in [5, 5.41) is 0. The van der Waals surface area contributed by atoms with Gasteiger partial charge in [-0.2, -0.15) is 21.6 Å². The van der Waals surface area contributed by atoms with Crippen molar-refractivity contribution in [3.63, 3.8) is 0 Å². The van der Waals surface area contributed by atoms with E-state index in [0.29, 0.717) is 25.9 Å². The van der Waals surface area contributed by atoms with E-state index in [1.807, 2.05) is 19.6 Å². The van der Waals surface area contributed by atoms with Gasteiger partial charge >= 0.3 is 15.6 Å². The van der Waals surface area contributed by atoms with Crippen molar-refractivity contribution in [2.45, 2.75) is 81.7 Å². The second-order valence-corrected chi connectivity index (χ2v) is 14.0. The first-order valence-electron chi connectivity index (χ1n) is 8.66. The standard InChI is InChI=1S/C15H27F3O6SSi/c1-14(24-26(2,3)4)8-7-11-12(6-5-9-21-11)23-13(14)10-22-25(19,20)15(16,17)18/h11-13H,5-10H2,1-4H3/t11-,12+,13-,14+/m1/s1. The number of ether oxygens (including phenoxy) is 2. The molecule has 0 unspecified atom stereocenters. The summed E-state index contributed by atoms with van der Waals surface area (Å²) in [6.07, 6.45) is 1.18. The fraction of sp³-hybridized carbons (Fsp3) is 1.00. The highest BCUT2D eigenvalue weighted by molar-refractivity contribution is 7.87. The minimum Gasteiger partial charge on any atom is -0.410 e. The van der Waals surface area contributed by atoms with Crippen LogP contribution in [-0.2, 0) is 28.2 Å². The predicted molar refractivity (Wildman–Crippen MR) is 90.6 cm³/mol. The number of halogens is 3. The Morgan fingerprint density at radius 3 is 2.42 bits per heavy atom. The predicted octanol–water partition coefficient (Wildman–Crippen LogP) is 3.19. The van der Waals surface area contributed by atoms with Gasteiger partial charge in [0.05, 0.1) is 24.4 Å². The minimum atomic E-state index is -5.69. The van der Waals surface area contributed by atoms with Gasteiger partial charge in [-0.05, 0) is 52.2 Å². The van der Waals surface area contributed by atoms with Gasteiger partial charge in [-0.15, -0.1) is 0 Å². The van der Waals surface area contributed by atoms with Crippen LogP contribution in [-0.4, -0.2) is 59.4 Å². The molecule has 2 heterocycles. The Morgan fingerprint density at radius 1 is 1.19 bits per heavy atom. The normalized spacial score (nSPS) is 34.2. The third kappa shape index (κ3) is 5.41.